The van der Waals surface area contributed by atoms with Crippen LogP contribution in [0.15, 0.2) is 52.9 Å². The Morgan fingerprint density at radius 1 is 1.03 bits per heavy atom. The number of amides is 2. The number of nitrogens with one attached hydrogen (secondary N) is 2. The predicted octanol–water partition coefficient (Wildman–Crippen LogP) is 3.20. The third kappa shape index (κ3) is 5.47. The predicted molar refractivity (Wildman–Crippen MR) is 112 cm³/mol. The van der Waals surface area contributed by atoms with Gasteiger partial charge in [0, 0.05) is 10.9 Å². The van der Waals surface area contributed by atoms with Gasteiger partial charge in [0.1, 0.15) is 17.9 Å². The number of esters is 1. The monoisotopic (exact) mass is 408 g/mol. The van der Waals surface area contributed by atoms with E-state index in [-0.39, 0.29) is 18.5 Å². The normalized spacial score (nSPS) is 11.7. The summed E-state index contributed by atoms with van der Waals surface area (Å²) in [5, 5.41) is 6.16. The van der Waals surface area contributed by atoms with E-state index in [1.807, 2.05) is 50.2 Å². The van der Waals surface area contributed by atoms with Crippen LogP contribution in [0.4, 0.5) is 0 Å². The quantitative estimate of drug-likeness (QED) is 0.585. The number of hydrogen-bond donors (Lipinski definition) is 2. The van der Waals surface area contributed by atoms with Crippen molar-refractivity contribution in [3.05, 3.63) is 71.0 Å². The van der Waals surface area contributed by atoms with Crippen molar-refractivity contribution in [1.29, 1.82) is 0 Å². The van der Waals surface area contributed by atoms with Crippen molar-refractivity contribution in [3.63, 3.8) is 0 Å². The van der Waals surface area contributed by atoms with Crippen LogP contribution in [0.25, 0.3) is 11.0 Å². The molecule has 7 heteroatoms. The lowest BCUT2D eigenvalue weighted by Crippen LogP contribution is -2.34. The Kier molecular flexibility index (Phi) is 6.51. The molecule has 2 amide bonds. The van der Waals surface area contributed by atoms with Gasteiger partial charge in [-0.05, 0) is 45.0 Å². The van der Waals surface area contributed by atoms with E-state index in [0.29, 0.717) is 11.3 Å². The zero-order chi connectivity index (χ0) is 21.7. The minimum absolute atomic E-state index is 0.321. The summed E-state index contributed by atoms with van der Waals surface area (Å²) < 4.78 is 10.6. The number of ether oxygens (including phenoxy) is 1. The molecule has 1 atom stereocenters. The molecule has 1 aromatic heterocycles. The first kappa shape index (κ1) is 21.1. The van der Waals surface area contributed by atoms with E-state index in [9.17, 15) is 14.4 Å². The molecule has 2 aromatic carbocycles. The zero-order valence-electron chi connectivity index (χ0n) is 17.2. The molecule has 0 aliphatic heterocycles. The lowest BCUT2D eigenvalue weighted by molar-refractivity contribution is -0.147. The number of carbonyl (C=O) groups excluding carboxylic acids is 3. The summed E-state index contributed by atoms with van der Waals surface area (Å²) in [6, 6.07) is 14.5. The number of hydrogen-bond acceptors (Lipinski definition) is 5. The maximum atomic E-state index is 12.2. The van der Waals surface area contributed by atoms with E-state index >= 15 is 0 Å². The maximum Gasteiger partial charge on any atom is 0.325 e. The third-order valence-electron chi connectivity index (χ3n) is 4.49. The van der Waals surface area contributed by atoms with Crippen LogP contribution in [0.1, 0.15) is 40.2 Å². The first-order valence-corrected chi connectivity index (χ1v) is 9.62. The SMILES string of the molecule is Cc1cc(C)cc(C(=O)NCC(=O)OCC(=O)N[C@@H](C)c2cc3ccccc3o2)c1. The number of fused-ring (bicyclic) bond motifs is 1. The Bertz CT molecular complexity index is 1030. The fourth-order valence-electron chi connectivity index (χ4n) is 3.13. The van der Waals surface area contributed by atoms with E-state index in [4.69, 9.17) is 9.15 Å². The highest BCUT2D eigenvalue weighted by molar-refractivity contribution is 5.96. The third-order valence-corrected chi connectivity index (χ3v) is 4.49. The van der Waals surface area contributed by atoms with Gasteiger partial charge in [0.15, 0.2) is 6.61 Å². The summed E-state index contributed by atoms with van der Waals surface area (Å²) >= 11 is 0. The molecule has 0 radical (unpaired) electrons. The van der Waals surface area contributed by atoms with Crippen LogP contribution in [0.2, 0.25) is 0 Å². The van der Waals surface area contributed by atoms with Crippen molar-refractivity contribution >= 4 is 28.8 Å². The lowest BCUT2D eigenvalue weighted by atomic mass is 10.1. The topological polar surface area (TPSA) is 97.6 Å². The first-order chi connectivity index (χ1) is 14.3. The van der Waals surface area contributed by atoms with Gasteiger partial charge in [0.25, 0.3) is 11.8 Å². The molecule has 156 valence electrons. The molecule has 0 saturated carbocycles. The molecule has 0 unspecified atom stereocenters. The van der Waals surface area contributed by atoms with Gasteiger partial charge >= 0.3 is 5.97 Å². The van der Waals surface area contributed by atoms with Gasteiger partial charge in [0.2, 0.25) is 0 Å². The fraction of sp³-hybridized carbons (Fsp3) is 0.261. The minimum Gasteiger partial charge on any atom is -0.459 e. The lowest BCUT2D eigenvalue weighted by Gasteiger charge is -2.12. The molecule has 0 aliphatic carbocycles. The van der Waals surface area contributed by atoms with Crippen LogP contribution in [0, 0.1) is 13.8 Å². The molecule has 0 fully saturated rings. The van der Waals surface area contributed by atoms with Crippen molar-refractivity contribution in [3.8, 4) is 0 Å². The van der Waals surface area contributed by atoms with Crippen LogP contribution >= 0.6 is 0 Å². The fourth-order valence-corrected chi connectivity index (χ4v) is 3.13. The highest BCUT2D eigenvalue weighted by Crippen LogP contribution is 2.23. The van der Waals surface area contributed by atoms with Crippen LogP contribution in [-0.4, -0.2) is 30.9 Å². The Hall–Kier alpha value is -3.61. The molecular weight excluding hydrogens is 384 g/mol. The first-order valence-electron chi connectivity index (χ1n) is 9.62. The molecule has 3 rings (SSSR count). The largest absolute Gasteiger partial charge is 0.459 e. The average molecular weight is 408 g/mol. The van der Waals surface area contributed by atoms with Gasteiger partial charge in [-0.25, -0.2) is 0 Å². The van der Waals surface area contributed by atoms with E-state index in [2.05, 4.69) is 10.6 Å². The highest BCUT2D eigenvalue weighted by Gasteiger charge is 2.16. The van der Waals surface area contributed by atoms with Crippen molar-refractivity contribution in [2.45, 2.75) is 26.8 Å². The summed E-state index contributed by atoms with van der Waals surface area (Å²) in [6.45, 7) is 4.80. The van der Waals surface area contributed by atoms with Crippen LogP contribution in [0.3, 0.4) is 0 Å². The van der Waals surface area contributed by atoms with Gasteiger partial charge in [-0.1, -0.05) is 35.4 Å². The molecule has 0 aliphatic rings. The molecule has 0 spiro atoms. The molecule has 30 heavy (non-hydrogen) atoms. The minimum atomic E-state index is -0.695. The summed E-state index contributed by atoms with van der Waals surface area (Å²) in [7, 11) is 0. The highest BCUT2D eigenvalue weighted by atomic mass is 16.5. The Morgan fingerprint density at radius 2 is 1.73 bits per heavy atom. The van der Waals surface area contributed by atoms with Crippen LogP contribution < -0.4 is 10.6 Å². The van der Waals surface area contributed by atoms with Crippen molar-refractivity contribution in [1.82, 2.24) is 10.6 Å². The van der Waals surface area contributed by atoms with E-state index < -0.39 is 18.5 Å². The number of rotatable bonds is 7. The summed E-state index contributed by atoms with van der Waals surface area (Å²) in [5.74, 6) is -0.922. The van der Waals surface area contributed by atoms with Gasteiger partial charge in [0.05, 0.1) is 6.04 Å². The second-order valence-electron chi connectivity index (χ2n) is 7.20. The maximum absolute atomic E-state index is 12.2. The molecule has 7 nitrogen and oxygen atoms in total. The Balaban J connectivity index is 1.43. The number of para-hydroxylation sites is 1. The van der Waals surface area contributed by atoms with Crippen LogP contribution in [-0.2, 0) is 14.3 Å². The summed E-state index contributed by atoms with van der Waals surface area (Å²) in [5.41, 5.74) is 3.12. The Morgan fingerprint density at radius 3 is 2.43 bits per heavy atom. The average Bonchev–Trinajstić information content (AvgIpc) is 3.14. The standard InChI is InChI=1S/C23H24N2O5/c1-14-8-15(2)10-18(9-14)23(28)24-12-22(27)29-13-21(26)25-16(3)20-11-17-6-4-5-7-19(17)30-20/h4-11,16H,12-13H2,1-3H3,(H,24,28)(H,25,26)/t16-/m0/s1. The smallest absolute Gasteiger partial charge is 0.325 e. The molecular formula is C23H24N2O5. The number of benzene rings is 2. The summed E-state index contributed by atoms with van der Waals surface area (Å²) in [4.78, 5) is 36.1. The van der Waals surface area contributed by atoms with Gasteiger partial charge in [-0.15, -0.1) is 0 Å². The van der Waals surface area contributed by atoms with Crippen molar-refractivity contribution in [2.24, 2.45) is 0 Å². The molecule has 0 saturated heterocycles. The second kappa shape index (κ2) is 9.26. The number of carbonyl (C=O) groups is 3. The summed E-state index contributed by atoms with van der Waals surface area (Å²) in [6.07, 6.45) is 0. The molecule has 3 aromatic rings. The van der Waals surface area contributed by atoms with E-state index in [0.717, 1.165) is 22.1 Å². The van der Waals surface area contributed by atoms with Crippen LogP contribution in [0.5, 0.6) is 0 Å². The van der Waals surface area contributed by atoms with E-state index in [1.54, 1.807) is 19.1 Å². The zero-order valence-corrected chi connectivity index (χ0v) is 17.2. The van der Waals surface area contributed by atoms with Crippen molar-refractivity contribution < 1.29 is 23.5 Å². The second-order valence-corrected chi connectivity index (χ2v) is 7.20. The van der Waals surface area contributed by atoms with E-state index in [1.165, 1.54) is 0 Å². The van der Waals surface area contributed by atoms with Gasteiger partial charge in [-0.3, -0.25) is 14.4 Å². The number of furan rings is 1. The number of aryl methyl sites for hydroxylation is 2. The van der Waals surface area contributed by atoms with Gasteiger partial charge < -0.3 is 19.8 Å². The molecule has 2 N–H and O–H groups in total. The Labute approximate surface area is 174 Å². The van der Waals surface area contributed by atoms with Crippen molar-refractivity contribution in [2.75, 3.05) is 13.2 Å². The molecule has 0 bridgehead atoms. The molecule has 1 heterocycles. The van der Waals surface area contributed by atoms with Gasteiger partial charge in [-0.2, -0.15) is 0 Å².